The Balaban J connectivity index is 1.63. The van der Waals surface area contributed by atoms with Gasteiger partial charge in [-0.25, -0.2) is 0 Å². The van der Waals surface area contributed by atoms with Gasteiger partial charge in [-0.1, -0.05) is 0 Å². The number of rotatable bonds is 4. The third-order valence-electron chi connectivity index (χ3n) is 2.95. The van der Waals surface area contributed by atoms with Gasteiger partial charge in [-0.05, 0) is 18.8 Å². The van der Waals surface area contributed by atoms with Crippen LogP contribution in [0.2, 0.25) is 0 Å². The van der Waals surface area contributed by atoms with Crippen molar-refractivity contribution in [1.82, 2.24) is 4.90 Å². The van der Waals surface area contributed by atoms with E-state index in [1.54, 1.807) is 4.90 Å². The highest BCUT2D eigenvalue weighted by Gasteiger charge is 2.23. The van der Waals surface area contributed by atoms with Crippen LogP contribution in [0, 0.1) is 5.92 Å². The maximum atomic E-state index is 11.6. The monoisotopic (exact) mass is 211 g/mol. The molecule has 0 bridgehead atoms. The second-order valence-electron chi connectivity index (χ2n) is 4.38. The van der Waals surface area contributed by atoms with Crippen LogP contribution in [0.3, 0.4) is 0 Å². The maximum Gasteiger partial charge on any atom is 0.248 e. The number of ketones is 1. The number of likely N-dealkylation sites (tertiary alicyclic amines) is 1. The zero-order valence-corrected chi connectivity index (χ0v) is 8.91. The molecule has 2 fully saturated rings. The van der Waals surface area contributed by atoms with Crippen LogP contribution in [0.1, 0.15) is 25.7 Å². The van der Waals surface area contributed by atoms with Crippen LogP contribution in [0.4, 0.5) is 0 Å². The molecule has 1 saturated carbocycles. The SMILES string of the molecule is O=C1CCN(C(=O)COCC2CC2)CC1. The van der Waals surface area contributed by atoms with Crippen molar-refractivity contribution >= 4 is 11.7 Å². The van der Waals surface area contributed by atoms with Gasteiger partial charge in [-0.15, -0.1) is 0 Å². The van der Waals surface area contributed by atoms with Gasteiger partial charge < -0.3 is 9.64 Å². The molecule has 1 aliphatic heterocycles. The molecule has 4 nitrogen and oxygen atoms in total. The number of hydrogen-bond donors (Lipinski definition) is 0. The second-order valence-corrected chi connectivity index (χ2v) is 4.38. The molecule has 0 N–H and O–H groups in total. The lowest BCUT2D eigenvalue weighted by molar-refractivity contribution is -0.138. The van der Waals surface area contributed by atoms with E-state index in [1.165, 1.54) is 12.8 Å². The molecule has 0 spiro atoms. The predicted octanol–water partition coefficient (Wildman–Crippen LogP) is 0.604. The van der Waals surface area contributed by atoms with Crippen molar-refractivity contribution in [3.63, 3.8) is 0 Å². The van der Waals surface area contributed by atoms with Gasteiger partial charge in [-0.2, -0.15) is 0 Å². The molecule has 0 radical (unpaired) electrons. The van der Waals surface area contributed by atoms with E-state index in [2.05, 4.69) is 0 Å². The van der Waals surface area contributed by atoms with Crippen molar-refractivity contribution in [2.24, 2.45) is 5.92 Å². The molecule has 0 aromatic rings. The lowest BCUT2D eigenvalue weighted by atomic mass is 10.1. The quantitative estimate of drug-likeness (QED) is 0.684. The van der Waals surface area contributed by atoms with Crippen LogP contribution >= 0.6 is 0 Å². The number of amides is 1. The molecule has 0 unspecified atom stereocenters. The molecule has 4 heteroatoms. The summed E-state index contributed by atoms with van der Waals surface area (Å²) in [6.45, 7) is 2.05. The minimum absolute atomic E-state index is 0.0307. The number of nitrogens with zero attached hydrogens (tertiary/aromatic N) is 1. The van der Waals surface area contributed by atoms with Crippen LogP contribution < -0.4 is 0 Å². The van der Waals surface area contributed by atoms with Gasteiger partial charge in [0.1, 0.15) is 12.4 Å². The average Bonchev–Trinajstić information content (AvgIpc) is 3.02. The van der Waals surface area contributed by atoms with Crippen molar-refractivity contribution < 1.29 is 14.3 Å². The normalized spacial score (nSPS) is 21.9. The molecule has 1 saturated heterocycles. The first-order valence-corrected chi connectivity index (χ1v) is 5.63. The van der Waals surface area contributed by atoms with Crippen LogP contribution in [-0.2, 0) is 14.3 Å². The summed E-state index contributed by atoms with van der Waals surface area (Å²) in [6.07, 6.45) is 3.50. The third kappa shape index (κ3) is 3.30. The highest BCUT2D eigenvalue weighted by molar-refractivity contribution is 5.83. The Hall–Kier alpha value is -0.900. The van der Waals surface area contributed by atoms with Gasteiger partial charge in [0.25, 0.3) is 0 Å². The average molecular weight is 211 g/mol. The van der Waals surface area contributed by atoms with Gasteiger partial charge in [0, 0.05) is 25.9 Å². The fourth-order valence-electron chi connectivity index (χ4n) is 1.69. The molecule has 0 aromatic heterocycles. The van der Waals surface area contributed by atoms with Crippen LogP contribution in [0.15, 0.2) is 0 Å². The number of carbonyl (C=O) groups excluding carboxylic acids is 2. The van der Waals surface area contributed by atoms with E-state index in [4.69, 9.17) is 4.74 Å². The Labute approximate surface area is 89.6 Å². The smallest absolute Gasteiger partial charge is 0.248 e. The molecule has 0 aromatic carbocycles. The molecular formula is C11H17NO3. The summed E-state index contributed by atoms with van der Waals surface area (Å²) in [5, 5.41) is 0. The summed E-state index contributed by atoms with van der Waals surface area (Å²) in [7, 11) is 0. The molecule has 0 atom stereocenters. The second kappa shape index (κ2) is 4.75. The van der Waals surface area contributed by atoms with Gasteiger partial charge in [-0.3, -0.25) is 9.59 Å². The Morgan fingerprint density at radius 2 is 2.00 bits per heavy atom. The lowest BCUT2D eigenvalue weighted by Crippen LogP contribution is -2.40. The van der Waals surface area contributed by atoms with Crippen molar-refractivity contribution in [3.05, 3.63) is 0 Å². The number of piperidine rings is 1. The zero-order valence-electron chi connectivity index (χ0n) is 8.91. The zero-order chi connectivity index (χ0) is 10.7. The highest BCUT2D eigenvalue weighted by atomic mass is 16.5. The molecule has 1 aliphatic carbocycles. The van der Waals surface area contributed by atoms with Gasteiger partial charge in [0.2, 0.25) is 5.91 Å². The van der Waals surface area contributed by atoms with E-state index >= 15 is 0 Å². The Kier molecular flexibility index (Phi) is 3.36. The standard InChI is InChI=1S/C11H17NO3/c13-10-3-5-12(6-4-10)11(14)8-15-7-9-1-2-9/h9H,1-8H2. The van der Waals surface area contributed by atoms with E-state index in [1.807, 2.05) is 0 Å². The van der Waals surface area contributed by atoms with E-state index in [9.17, 15) is 9.59 Å². The number of hydrogen-bond acceptors (Lipinski definition) is 3. The van der Waals surface area contributed by atoms with Crippen molar-refractivity contribution in [3.8, 4) is 0 Å². The van der Waals surface area contributed by atoms with Gasteiger partial charge >= 0.3 is 0 Å². The summed E-state index contributed by atoms with van der Waals surface area (Å²) < 4.78 is 5.32. The minimum atomic E-state index is 0.0307. The summed E-state index contributed by atoms with van der Waals surface area (Å²) in [5.74, 6) is 0.988. The van der Waals surface area contributed by atoms with Crippen LogP contribution in [-0.4, -0.2) is 42.9 Å². The predicted molar refractivity (Wildman–Crippen MR) is 54.4 cm³/mol. The third-order valence-corrected chi connectivity index (χ3v) is 2.95. The van der Waals surface area contributed by atoms with E-state index in [0.29, 0.717) is 31.8 Å². The van der Waals surface area contributed by atoms with Crippen LogP contribution in [0.5, 0.6) is 0 Å². The molecule has 1 heterocycles. The first-order chi connectivity index (χ1) is 7.25. The molecule has 2 rings (SSSR count). The number of Topliss-reactive ketones (excluding diaryl/α,β-unsaturated/α-hetero) is 1. The Bertz CT molecular complexity index is 251. The molecule has 15 heavy (non-hydrogen) atoms. The van der Waals surface area contributed by atoms with E-state index in [-0.39, 0.29) is 18.3 Å². The maximum absolute atomic E-state index is 11.6. The largest absolute Gasteiger partial charge is 0.371 e. The van der Waals surface area contributed by atoms with Crippen molar-refractivity contribution in [1.29, 1.82) is 0 Å². The van der Waals surface area contributed by atoms with Gasteiger partial charge in [0.05, 0.1) is 6.61 Å². The molecule has 84 valence electrons. The lowest BCUT2D eigenvalue weighted by Gasteiger charge is -2.25. The Morgan fingerprint density at radius 1 is 1.33 bits per heavy atom. The summed E-state index contributed by atoms with van der Waals surface area (Å²) in [6, 6.07) is 0. The number of ether oxygens (including phenoxy) is 1. The van der Waals surface area contributed by atoms with E-state index < -0.39 is 0 Å². The molecule has 2 aliphatic rings. The van der Waals surface area contributed by atoms with Gasteiger partial charge in [0.15, 0.2) is 0 Å². The van der Waals surface area contributed by atoms with E-state index in [0.717, 1.165) is 6.61 Å². The summed E-state index contributed by atoms with van der Waals surface area (Å²) >= 11 is 0. The topological polar surface area (TPSA) is 46.6 Å². The first kappa shape index (κ1) is 10.6. The summed E-state index contributed by atoms with van der Waals surface area (Å²) in [4.78, 5) is 24.3. The highest BCUT2D eigenvalue weighted by Crippen LogP contribution is 2.28. The minimum Gasteiger partial charge on any atom is -0.371 e. The number of carbonyl (C=O) groups is 2. The van der Waals surface area contributed by atoms with Crippen LogP contribution in [0.25, 0.3) is 0 Å². The van der Waals surface area contributed by atoms with Crippen molar-refractivity contribution in [2.45, 2.75) is 25.7 Å². The Morgan fingerprint density at radius 3 is 2.60 bits per heavy atom. The fraction of sp³-hybridized carbons (Fsp3) is 0.818. The summed E-state index contributed by atoms with van der Waals surface area (Å²) in [5.41, 5.74) is 0. The molecule has 1 amide bonds. The fourth-order valence-corrected chi connectivity index (χ4v) is 1.69. The molecular weight excluding hydrogens is 194 g/mol. The van der Waals surface area contributed by atoms with Crippen molar-refractivity contribution in [2.75, 3.05) is 26.3 Å². The first-order valence-electron chi connectivity index (χ1n) is 5.63.